The molecule has 0 spiro atoms. The quantitative estimate of drug-likeness (QED) is 0.0656. The summed E-state index contributed by atoms with van der Waals surface area (Å²) in [7, 11) is -7.36. The molecule has 3 fully saturated rings. The molecule has 14 rings (SSSR count). The molecule has 3 aromatic heterocycles. The molecule has 0 aliphatic carbocycles. The van der Waals surface area contributed by atoms with E-state index in [4.69, 9.17) is 9.47 Å². The Morgan fingerprint density at radius 3 is 1.01 bits per heavy atom. The maximum absolute atomic E-state index is 12.9. The van der Waals surface area contributed by atoms with Crippen LogP contribution in [0.4, 0.5) is 39.5 Å². The fourth-order valence-electron chi connectivity index (χ4n) is 12.0. The van der Waals surface area contributed by atoms with Gasteiger partial charge >= 0.3 is 18.5 Å². The lowest BCUT2D eigenvalue weighted by Gasteiger charge is -2.40. The van der Waals surface area contributed by atoms with E-state index in [1.165, 1.54) is 46.0 Å². The van der Waals surface area contributed by atoms with Gasteiger partial charge in [-0.2, -0.15) is 53.9 Å². The van der Waals surface area contributed by atoms with Crippen molar-refractivity contribution in [3.63, 3.8) is 0 Å². The summed E-state index contributed by atoms with van der Waals surface area (Å²) in [4.78, 5) is 3.95. The number of aromatic nitrogens is 12. The minimum Gasteiger partial charge on any atom is -0.386 e. The Bertz CT molecular complexity index is 4980. The van der Waals surface area contributed by atoms with Gasteiger partial charge in [0.25, 0.3) is 0 Å². The Kier molecular flexibility index (Phi) is 21.2. The maximum Gasteiger partial charge on any atom is 0.416 e. The molecule has 8 aromatic carbocycles. The molecule has 0 atom stereocenters. The molecule has 0 unspecified atom stereocenters. The first-order valence-corrected chi connectivity index (χ1v) is 37.0. The number of tetrazole rings is 3. The van der Waals surface area contributed by atoms with Crippen LogP contribution in [0.25, 0.3) is 34.2 Å². The van der Waals surface area contributed by atoms with Gasteiger partial charge in [-0.25, -0.2) is 16.8 Å². The summed E-state index contributed by atoms with van der Waals surface area (Å²) in [5.74, 6) is 0.885. The van der Waals surface area contributed by atoms with Crippen LogP contribution in [0, 0.1) is 0 Å². The zero-order valence-corrected chi connectivity index (χ0v) is 56.8. The lowest BCUT2D eigenvalue weighted by atomic mass is 9.98. The smallest absolute Gasteiger partial charge is 0.386 e. The predicted molar refractivity (Wildman–Crippen MR) is 361 cm³/mol. The molecule has 0 radical (unpaired) electrons. The third-order valence-electron chi connectivity index (χ3n) is 17.0. The first-order chi connectivity index (χ1) is 48.9. The number of halogens is 9. The predicted octanol–water partition coefficient (Wildman–Crippen LogP) is 11.1. The number of nitrogens with zero attached hydrogens (tertiary/aromatic N) is 12. The van der Waals surface area contributed by atoms with Crippen molar-refractivity contribution < 1.29 is 75.1 Å². The lowest BCUT2D eigenvalue weighted by molar-refractivity contribution is -0.138. The van der Waals surface area contributed by atoms with Crippen LogP contribution < -0.4 is 0 Å². The van der Waals surface area contributed by atoms with E-state index in [2.05, 4.69) is 46.2 Å². The van der Waals surface area contributed by atoms with E-state index in [9.17, 15) is 65.7 Å². The number of alkyl halides is 9. The number of benzene rings is 8. The van der Waals surface area contributed by atoms with E-state index in [-0.39, 0.29) is 48.5 Å². The van der Waals surface area contributed by atoms with Crippen LogP contribution in [0.1, 0.15) is 61.2 Å². The summed E-state index contributed by atoms with van der Waals surface area (Å²) in [6.07, 6.45) is -12.0. The van der Waals surface area contributed by atoms with E-state index in [0.29, 0.717) is 77.8 Å². The standard InChI is InChI=1S/C26H23F3N4O3S.C26H23F3N4O2S.C19H17F3N4O3S/c27-26(28,29)22-12-10-19(11-13-22)14-21-8-4-5-9-23(21)24-30-32-33(31-24)16-25(17-37(34,35)18-25)36-15-20-6-2-1-3-7-20;27-26(28,29)22-12-10-19(11-13-22)14-21-8-4-5-9-23(21)24-30-32-33(31-24)16-25(17-36(34)18-25)35-15-20-6-2-1-3-7-20;20-19(21,22)15-7-5-13(6-8-15)9-14-3-1-2-4-16(14)17-23-25-26(24-17)10-18(27)11-30(28,29)12-18/h1-13H,14-18H2;1-13H,14-18H2;1-8,27H,9-12H2. The number of hydrogen-bond donors (Lipinski definition) is 1. The summed E-state index contributed by atoms with van der Waals surface area (Å²) in [5.41, 5.74) is 3.61. The Morgan fingerprint density at radius 2 is 0.689 bits per heavy atom. The van der Waals surface area contributed by atoms with Gasteiger partial charge in [-0.05, 0) is 116 Å². The highest BCUT2D eigenvalue weighted by atomic mass is 32.2. The molecule has 0 amide bonds. The lowest BCUT2D eigenvalue weighted by Crippen LogP contribution is -2.59. The van der Waals surface area contributed by atoms with Gasteiger partial charge in [-0.15, -0.1) is 30.6 Å². The molecule has 11 aromatic rings. The van der Waals surface area contributed by atoms with Crippen molar-refractivity contribution in [2.75, 3.05) is 34.5 Å². The number of sulfone groups is 2. The van der Waals surface area contributed by atoms with Gasteiger partial charge in [0.05, 0.1) is 84.1 Å². The molecule has 3 aliphatic rings. The van der Waals surface area contributed by atoms with E-state index in [1.807, 2.05) is 115 Å². The number of aliphatic hydroxyl groups is 1. The van der Waals surface area contributed by atoms with E-state index < -0.39 is 82.5 Å². The highest BCUT2D eigenvalue weighted by molar-refractivity contribution is 7.93. The highest BCUT2D eigenvalue weighted by Gasteiger charge is 2.51. The van der Waals surface area contributed by atoms with Gasteiger partial charge in [0, 0.05) is 27.5 Å². The zero-order valence-electron chi connectivity index (χ0n) is 54.3. The molecule has 20 nitrogen and oxygen atoms in total. The minimum absolute atomic E-state index is 0.0969. The van der Waals surface area contributed by atoms with E-state index >= 15 is 0 Å². The third kappa shape index (κ3) is 18.9. The molecule has 103 heavy (non-hydrogen) atoms. The summed E-state index contributed by atoms with van der Waals surface area (Å²) < 4.78 is 186. The van der Waals surface area contributed by atoms with Crippen LogP contribution in [-0.4, -0.2) is 138 Å². The topological polar surface area (TPSA) is 255 Å². The van der Waals surface area contributed by atoms with Gasteiger partial charge < -0.3 is 14.6 Å². The molecule has 536 valence electrons. The van der Waals surface area contributed by atoms with Gasteiger partial charge in [-0.1, -0.05) is 170 Å². The second-order valence-electron chi connectivity index (χ2n) is 25.4. The van der Waals surface area contributed by atoms with Gasteiger partial charge in [0.2, 0.25) is 17.5 Å². The molecule has 0 saturated carbocycles. The Hall–Kier alpha value is -9.73. The summed E-state index contributed by atoms with van der Waals surface area (Å²) in [5, 5.41) is 48.0. The molecular weight excluding hydrogens is 1420 g/mol. The van der Waals surface area contributed by atoms with Gasteiger partial charge in [0.1, 0.15) is 16.8 Å². The first-order valence-electron chi connectivity index (χ1n) is 31.8. The fraction of sp³-hybridized carbons (Fsp3) is 0.282. The molecular formula is C71H63F9N12O8S3. The van der Waals surface area contributed by atoms with Crippen molar-refractivity contribution in [2.24, 2.45) is 0 Å². The number of hydrogen-bond acceptors (Lipinski definition) is 17. The average molecular weight is 1480 g/mol. The molecule has 0 bridgehead atoms. The first kappa shape index (κ1) is 73.0. The molecule has 3 saturated heterocycles. The van der Waals surface area contributed by atoms with Crippen molar-refractivity contribution in [1.29, 1.82) is 0 Å². The van der Waals surface area contributed by atoms with Crippen LogP contribution >= 0.6 is 0 Å². The van der Waals surface area contributed by atoms with Gasteiger partial charge in [0.15, 0.2) is 19.7 Å². The van der Waals surface area contributed by atoms with Crippen LogP contribution in [0.15, 0.2) is 206 Å². The Morgan fingerprint density at radius 1 is 0.388 bits per heavy atom. The zero-order chi connectivity index (χ0) is 72.8. The number of rotatable bonds is 21. The van der Waals surface area contributed by atoms with Crippen LogP contribution in [-0.2, 0) is 111 Å². The number of ether oxygens (including phenoxy) is 2. The van der Waals surface area contributed by atoms with Gasteiger partial charge in [-0.3, -0.25) is 4.21 Å². The van der Waals surface area contributed by atoms with Crippen LogP contribution in [0.5, 0.6) is 0 Å². The van der Waals surface area contributed by atoms with Crippen LogP contribution in [0.2, 0.25) is 0 Å². The fourth-order valence-corrected chi connectivity index (χ4v) is 17.1. The summed E-state index contributed by atoms with van der Waals surface area (Å²) >= 11 is 0. The molecule has 32 heteroatoms. The van der Waals surface area contributed by atoms with E-state index in [0.717, 1.165) is 80.1 Å². The molecule has 6 heterocycles. The summed E-state index contributed by atoms with van der Waals surface area (Å²) in [6.45, 7) is 0.997. The Labute approximate surface area is 586 Å². The SMILES string of the molecule is O=S1(=O)CC(Cn2nnc(-c3ccccc3Cc3ccc(C(F)(F)F)cc3)n2)(OCc2ccccc2)C1.O=S1(=O)CC(O)(Cn2nnc(-c3ccccc3Cc3ccc(C(F)(F)F)cc3)n2)C1.O=S1CC(Cn2nnc(-c3ccccc3Cc3ccc(C(F)(F)F)cc3)n2)(OCc2ccccc2)C1. The molecule has 3 aliphatic heterocycles. The third-order valence-corrected chi connectivity index (χ3v) is 22.6. The molecule has 1 N–H and O–H groups in total. The van der Waals surface area contributed by atoms with Crippen molar-refractivity contribution in [3.8, 4) is 34.2 Å². The highest BCUT2D eigenvalue weighted by Crippen LogP contribution is 2.36. The Balaban J connectivity index is 0.000000146. The van der Waals surface area contributed by atoms with E-state index in [1.54, 1.807) is 18.2 Å². The van der Waals surface area contributed by atoms with Crippen molar-refractivity contribution in [1.82, 2.24) is 60.6 Å². The normalized spacial score (nSPS) is 17.8. The maximum atomic E-state index is 12.9. The van der Waals surface area contributed by atoms with Crippen LogP contribution in [0.3, 0.4) is 0 Å². The second kappa shape index (κ2) is 29.9. The van der Waals surface area contributed by atoms with Crippen molar-refractivity contribution in [3.05, 3.63) is 267 Å². The van der Waals surface area contributed by atoms with Crippen molar-refractivity contribution in [2.45, 2.75) is 87.4 Å². The van der Waals surface area contributed by atoms with Crippen molar-refractivity contribution >= 4 is 30.5 Å². The minimum atomic E-state index is -4.39. The summed E-state index contributed by atoms with van der Waals surface area (Å²) in [6, 6.07) is 56.3. The largest absolute Gasteiger partial charge is 0.416 e. The second-order valence-corrected chi connectivity index (χ2v) is 31.0. The monoisotopic (exact) mass is 1480 g/mol. The average Bonchev–Trinajstić information content (AvgIpc) is 1.71.